The van der Waals surface area contributed by atoms with E-state index in [1.54, 1.807) is 31.2 Å². The molecular weight excluding hydrogens is 457 g/mol. The number of nitrogens with zero attached hydrogens (tertiary/aromatic N) is 1. The van der Waals surface area contributed by atoms with Gasteiger partial charge in [-0.1, -0.05) is 35.3 Å². The molecule has 1 atom stereocenters. The second-order valence-corrected chi connectivity index (χ2v) is 7.92. The fourth-order valence-electron chi connectivity index (χ4n) is 3.71. The first-order valence-corrected chi connectivity index (χ1v) is 10.2. The first kappa shape index (κ1) is 21.8. The summed E-state index contributed by atoms with van der Waals surface area (Å²) < 4.78 is 11.0. The van der Waals surface area contributed by atoms with E-state index in [4.69, 9.17) is 32.4 Å². The summed E-state index contributed by atoms with van der Waals surface area (Å²) in [5.74, 6) is -1.84. The molecular formula is C23H17Cl2NO6. The molecule has 1 unspecified atom stereocenters. The number of aliphatic hydroxyl groups excluding tert-OH is 1. The van der Waals surface area contributed by atoms with Gasteiger partial charge in [-0.15, -0.1) is 0 Å². The molecule has 7 nitrogen and oxygen atoms in total. The number of Topliss-reactive ketones (excluding diaryl/α,β-unsaturated/α-hetero) is 1. The zero-order valence-corrected chi connectivity index (χ0v) is 18.4. The average Bonchev–Trinajstić information content (AvgIpc) is 3.29. The van der Waals surface area contributed by atoms with Gasteiger partial charge in [0, 0.05) is 5.02 Å². The molecule has 9 heteroatoms. The summed E-state index contributed by atoms with van der Waals surface area (Å²) in [7, 11) is 1.35. The van der Waals surface area contributed by atoms with Gasteiger partial charge in [-0.2, -0.15) is 0 Å². The molecule has 1 aromatic heterocycles. The second kappa shape index (κ2) is 8.26. The van der Waals surface area contributed by atoms with Crippen LogP contribution in [0.1, 0.15) is 23.1 Å². The zero-order valence-electron chi connectivity index (χ0n) is 16.9. The Bertz CT molecular complexity index is 1280. The van der Waals surface area contributed by atoms with Crippen molar-refractivity contribution in [3.63, 3.8) is 0 Å². The minimum absolute atomic E-state index is 0.0357. The number of benzene rings is 2. The maximum absolute atomic E-state index is 13.1. The molecule has 2 N–H and O–H groups in total. The van der Waals surface area contributed by atoms with Crippen molar-refractivity contribution in [2.75, 3.05) is 12.0 Å². The highest BCUT2D eigenvalue weighted by atomic mass is 35.5. The summed E-state index contributed by atoms with van der Waals surface area (Å²) in [5, 5.41) is 21.9. The van der Waals surface area contributed by atoms with E-state index in [1.165, 1.54) is 31.4 Å². The third-order valence-electron chi connectivity index (χ3n) is 5.08. The number of methoxy groups -OCH3 is 1. The molecule has 0 spiro atoms. The summed E-state index contributed by atoms with van der Waals surface area (Å²) >= 11 is 12.3. The third kappa shape index (κ3) is 3.49. The number of furan rings is 1. The fraction of sp³-hybridized carbons (Fsp3) is 0.130. The van der Waals surface area contributed by atoms with E-state index in [0.717, 1.165) is 4.90 Å². The molecule has 2 heterocycles. The van der Waals surface area contributed by atoms with Crippen LogP contribution in [0.5, 0.6) is 11.5 Å². The molecule has 0 aliphatic carbocycles. The Hall–Kier alpha value is -3.42. The number of aromatic hydroxyl groups is 1. The highest BCUT2D eigenvalue weighted by Crippen LogP contribution is 2.46. The maximum Gasteiger partial charge on any atom is 0.300 e. The molecule has 1 fully saturated rings. The molecule has 3 aromatic rings. The van der Waals surface area contributed by atoms with Crippen LogP contribution in [0.25, 0.3) is 5.76 Å². The monoisotopic (exact) mass is 473 g/mol. The van der Waals surface area contributed by atoms with Crippen LogP contribution in [0.15, 0.2) is 58.5 Å². The molecule has 0 saturated carbocycles. The molecule has 1 aliphatic heterocycles. The van der Waals surface area contributed by atoms with Crippen molar-refractivity contribution in [1.82, 2.24) is 0 Å². The van der Waals surface area contributed by atoms with Crippen molar-refractivity contribution in [3.05, 3.63) is 81.2 Å². The number of amides is 1. The van der Waals surface area contributed by atoms with Gasteiger partial charge in [0.15, 0.2) is 0 Å². The number of para-hydroxylation sites is 2. The quantitative estimate of drug-likeness (QED) is 0.305. The van der Waals surface area contributed by atoms with Gasteiger partial charge in [-0.05, 0) is 43.3 Å². The Kier molecular flexibility index (Phi) is 5.62. The minimum Gasteiger partial charge on any atom is -0.507 e. The largest absolute Gasteiger partial charge is 0.507 e. The van der Waals surface area contributed by atoms with E-state index in [2.05, 4.69) is 0 Å². The Morgan fingerprint density at radius 3 is 2.47 bits per heavy atom. The van der Waals surface area contributed by atoms with Crippen LogP contribution in [-0.4, -0.2) is 29.0 Å². The van der Waals surface area contributed by atoms with Crippen molar-refractivity contribution in [3.8, 4) is 11.5 Å². The lowest BCUT2D eigenvalue weighted by atomic mass is 9.98. The van der Waals surface area contributed by atoms with E-state index in [0.29, 0.717) is 5.76 Å². The molecule has 32 heavy (non-hydrogen) atoms. The van der Waals surface area contributed by atoms with Gasteiger partial charge in [-0.3, -0.25) is 14.5 Å². The van der Waals surface area contributed by atoms with Gasteiger partial charge in [0.05, 0.1) is 29.0 Å². The summed E-state index contributed by atoms with van der Waals surface area (Å²) in [6, 6.07) is 11.0. The van der Waals surface area contributed by atoms with Crippen LogP contribution in [0.3, 0.4) is 0 Å². The maximum atomic E-state index is 13.1. The summed E-state index contributed by atoms with van der Waals surface area (Å²) in [6.07, 6.45) is 0. The number of aryl methyl sites for hydroxylation is 1. The smallest absolute Gasteiger partial charge is 0.300 e. The predicted molar refractivity (Wildman–Crippen MR) is 119 cm³/mol. The van der Waals surface area contributed by atoms with Gasteiger partial charge < -0.3 is 19.4 Å². The number of halogens is 2. The highest BCUT2D eigenvalue weighted by Gasteiger charge is 2.49. The summed E-state index contributed by atoms with van der Waals surface area (Å²) in [5.41, 5.74) is -0.137. The highest BCUT2D eigenvalue weighted by molar-refractivity contribution is 6.52. The number of ketones is 1. The molecule has 2 aromatic carbocycles. The Labute approximate surface area is 193 Å². The minimum atomic E-state index is -1.15. The van der Waals surface area contributed by atoms with Crippen LogP contribution < -0.4 is 9.64 Å². The van der Waals surface area contributed by atoms with Gasteiger partial charge in [-0.25, -0.2) is 0 Å². The summed E-state index contributed by atoms with van der Waals surface area (Å²) in [6.45, 7) is 1.70. The van der Waals surface area contributed by atoms with Gasteiger partial charge in [0.2, 0.25) is 0 Å². The average molecular weight is 474 g/mol. The molecule has 1 aliphatic rings. The number of phenolic OH excluding ortho intramolecular Hbond substituents is 1. The van der Waals surface area contributed by atoms with E-state index < -0.39 is 23.5 Å². The summed E-state index contributed by atoms with van der Waals surface area (Å²) in [4.78, 5) is 27.3. The lowest BCUT2D eigenvalue weighted by Crippen LogP contribution is -2.29. The normalized spacial score (nSPS) is 17.8. The van der Waals surface area contributed by atoms with Crippen molar-refractivity contribution >= 4 is 46.3 Å². The molecule has 0 bridgehead atoms. The lowest BCUT2D eigenvalue weighted by Gasteiger charge is -2.24. The van der Waals surface area contributed by atoms with Crippen LogP contribution in [0.2, 0.25) is 10.0 Å². The Morgan fingerprint density at radius 1 is 1.12 bits per heavy atom. The van der Waals surface area contributed by atoms with Crippen LogP contribution in [0.4, 0.5) is 5.69 Å². The number of hydrogen-bond acceptors (Lipinski definition) is 6. The van der Waals surface area contributed by atoms with E-state index in [9.17, 15) is 19.8 Å². The number of hydrogen-bond donors (Lipinski definition) is 2. The molecule has 4 rings (SSSR count). The number of carbonyl (C=O) groups excluding carboxylic acids is 2. The SMILES string of the molecule is COc1c(Cl)cc(Cl)cc1/C(O)=C1\C(=O)C(=O)N(c2ccccc2O)C1c1ccc(C)o1. The van der Waals surface area contributed by atoms with Gasteiger partial charge >= 0.3 is 0 Å². The number of anilines is 1. The molecule has 0 radical (unpaired) electrons. The van der Waals surface area contributed by atoms with Crippen molar-refractivity contribution in [2.24, 2.45) is 0 Å². The lowest BCUT2D eigenvalue weighted by molar-refractivity contribution is -0.132. The van der Waals surface area contributed by atoms with Crippen LogP contribution >= 0.6 is 23.2 Å². The molecule has 164 valence electrons. The first-order chi connectivity index (χ1) is 15.2. The Morgan fingerprint density at radius 2 is 1.84 bits per heavy atom. The first-order valence-electron chi connectivity index (χ1n) is 9.43. The third-order valence-corrected chi connectivity index (χ3v) is 5.58. The van der Waals surface area contributed by atoms with E-state index >= 15 is 0 Å². The van der Waals surface area contributed by atoms with Crippen molar-refractivity contribution in [2.45, 2.75) is 13.0 Å². The van der Waals surface area contributed by atoms with Gasteiger partial charge in [0.25, 0.3) is 11.7 Å². The number of ether oxygens (including phenoxy) is 1. The zero-order chi connectivity index (χ0) is 23.2. The van der Waals surface area contributed by atoms with Crippen LogP contribution in [-0.2, 0) is 9.59 Å². The van der Waals surface area contributed by atoms with E-state index in [-0.39, 0.29) is 44.1 Å². The standard InChI is InChI=1S/C23H17Cl2NO6/c1-11-7-8-17(32-11)19-18(20(28)13-9-12(24)10-14(25)22(13)31-2)21(29)23(30)26(19)15-5-3-4-6-16(15)27/h3-10,19,27-28H,1-2H3/b20-18+. The fourth-order valence-corrected chi connectivity index (χ4v) is 4.28. The Balaban J connectivity index is 2.02. The number of carbonyl (C=O) groups is 2. The van der Waals surface area contributed by atoms with Crippen molar-refractivity contribution < 1.29 is 29.0 Å². The second-order valence-electron chi connectivity index (χ2n) is 7.07. The number of aliphatic hydroxyl groups is 1. The van der Waals surface area contributed by atoms with Gasteiger partial charge in [0.1, 0.15) is 34.8 Å². The predicted octanol–water partition coefficient (Wildman–Crippen LogP) is 5.24. The topological polar surface area (TPSA) is 100 Å². The number of rotatable bonds is 4. The van der Waals surface area contributed by atoms with E-state index in [1.807, 2.05) is 0 Å². The molecule has 1 amide bonds. The van der Waals surface area contributed by atoms with Crippen molar-refractivity contribution in [1.29, 1.82) is 0 Å². The van der Waals surface area contributed by atoms with Crippen LogP contribution in [0, 0.1) is 6.92 Å². The number of phenols is 1. The molecule has 1 saturated heterocycles.